The molecular weight excluding hydrogens is 378 g/mol. The molecule has 146 valence electrons. The van der Waals surface area contributed by atoms with Crippen LogP contribution in [0.4, 0.5) is 5.69 Å². The van der Waals surface area contributed by atoms with Crippen molar-refractivity contribution in [3.05, 3.63) is 88.2 Å². The smallest absolute Gasteiger partial charge is 0.268 e. The average Bonchev–Trinajstić information content (AvgIpc) is 3.06. The van der Waals surface area contributed by atoms with Crippen molar-refractivity contribution < 1.29 is 4.79 Å². The molecule has 0 aliphatic rings. The number of fused-ring (bicyclic) bond motifs is 1. The number of rotatable bonds is 5. The van der Waals surface area contributed by atoms with Gasteiger partial charge < -0.3 is 4.90 Å². The molecule has 2 heterocycles. The summed E-state index contributed by atoms with van der Waals surface area (Å²) in [6.45, 7) is 6.48. The average molecular weight is 402 g/mol. The van der Waals surface area contributed by atoms with Crippen molar-refractivity contribution in [2.45, 2.75) is 27.2 Å². The Morgan fingerprint density at radius 2 is 1.59 bits per heavy atom. The number of anilines is 1. The van der Waals surface area contributed by atoms with Gasteiger partial charge in [-0.2, -0.15) is 0 Å². The summed E-state index contributed by atoms with van der Waals surface area (Å²) in [6, 6.07) is 20.1. The maximum absolute atomic E-state index is 13.6. The summed E-state index contributed by atoms with van der Waals surface area (Å²) < 4.78 is 0. The molecule has 0 aliphatic carbocycles. The van der Waals surface area contributed by atoms with E-state index < -0.39 is 0 Å². The Morgan fingerprint density at radius 1 is 0.931 bits per heavy atom. The van der Waals surface area contributed by atoms with Crippen molar-refractivity contribution in [3.8, 4) is 0 Å². The van der Waals surface area contributed by atoms with Crippen LogP contribution in [0.25, 0.3) is 10.2 Å². The molecule has 0 spiro atoms. The van der Waals surface area contributed by atoms with Crippen LogP contribution in [0.15, 0.2) is 60.7 Å². The fourth-order valence-electron chi connectivity index (χ4n) is 3.64. The summed E-state index contributed by atoms with van der Waals surface area (Å²) in [7, 11) is 0. The number of nitrogens with zero attached hydrogens (tertiary/aromatic N) is 3. The highest BCUT2D eigenvalue weighted by Crippen LogP contribution is 2.33. The normalized spacial score (nSPS) is 11.0. The summed E-state index contributed by atoms with van der Waals surface area (Å²) in [5, 5.41) is 1.00. The molecule has 1 amide bonds. The standard InChI is InChI=1S/C24H23N3OS/c1-16-21-17(2)25-18(3)26-23(21)29-22(16)24(28)27(20-12-8-5-9-13-20)15-14-19-10-6-4-7-11-19/h4-13H,14-15H2,1-3H3. The molecule has 2 aromatic carbocycles. The molecule has 0 atom stereocenters. The lowest BCUT2D eigenvalue weighted by Crippen LogP contribution is -2.32. The molecule has 4 rings (SSSR count). The summed E-state index contributed by atoms with van der Waals surface area (Å²) in [4.78, 5) is 26.2. The Balaban J connectivity index is 1.72. The van der Waals surface area contributed by atoms with Gasteiger partial charge in [-0.05, 0) is 50.5 Å². The van der Waals surface area contributed by atoms with Crippen LogP contribution in [0.2, 0.25) is 0 Å². The van der Waals surface area contributed by atoms with Gasteiger partial charge in [-0.15, -0.1) is 11.3 Å². The van der Waals surface area contributed by atoms with E-state index in [4.69, 9.17) is 0 Å². The van der Waals surface area contributed by atoms with Crippen LogP contribution in [0.5, 0.6) is 0 Å². The first-order chi connectivity index (χ1) is 14.0. The molecule has 2 aromatic heterocycles. The Kier molecular flexibility index (Phi) is 5.41. The Morgan fingerprint density at radius 3 is 2.28 bits per heavy atom. The number of aryl methyl sites for hydroxylation is 3. The SMILES string of the molecule is Cc1nc(C)c2c(C)c(C(=O)N(CCc3ccccc3)c3ccccc3)sc2n1. The molecule has 5 heteroatoms. The number of aromatic nitrogens is 2. The van der Waals surface area contributed by atoms with E-state index in [0.717, 1.165) is 44.3 Å². The van der Waals surface area contributed by atoms with Crippen LogP contribution in [-0.4, -0.2) is 22.4 Å². The number of thiophene rings is 1. The first-order valence-electron chi connectivity index (χ1n) is 9.70. The third-order valence-electron chi connectivity index (χ3n) is 5.06. The van der Waals surface area contributed by atoms with Crippen molar-refractivity contribution in [1.82, 2.24) is 9.97 Å². The quantitative estimate of drug-likeness (QED) is 0.443. The van der Waals surface area contributed by atoms with Crippen molar-refractivity contribution >= 4 is 33.1 Å². The summed E-state index contributed by atoms with van der Waals surface area (Å²) in [6.07, 6.45) is 0.795. The molecule has 4 nitrogen and oxygen atoms in total. The van der Waals surface area contributed by atoms with Gasteiger partial charge in [0.1, 0.15) is 10.7 Å². The molecule has 0 fully saturated rings. The van der Waals surface area contributed by atoms with E-state index >= 15 is 0 Å². The maximum atomic E-state index is 13.6. The molecule has 4 aromatic rings. The van der Waals surface area contributed by atoms with Crippen LogP contribution in [0, 0.1) is 20.8 Å². The van der Waals surface area contributed by atoms with E-state index in [1.54, 1.807) is 0 Å². The topological polar surface area (TPSA) is 46.1 Å². The van der Waals surface area contributed by atoms with E-state index in [9.17, 15) is 4.79 Å². The molecular formula is C24H23N3OS. The van der Waals surface area contributed by atoms with Crippen molar-refractivity contribution in [2.24, 2.45) is 0 Å². The number of carbonyl (C=O) groups is 1. The van der Waals surface area contributed by atoms with Gasteiger partial charge in [0.2, 0.25) is 0 Å². The fourth-order valence-corrected chi connectivity index (χ4v) is 4.87. The fraction of sp³-hybridized carbons (Fsp3) is 0.208. The molecule has 0 saturated heterocycles. The highest BCUT2D eigenvalue weighted by Gasteiger charge is 2.24. The summed E-state index contributed by atoms with van der Waals surface area (Å²) in [5.41, 5.74) is 4.01. The van der Waals surface area contributed by atoms with E-state index in [1.807, 2.05) is 74.2 Å². The highest BCUT2D eigenvalue weighted by atomic mass is 32.1. The van der Waals surface area contributed by atoms with Gasteiger partial charge in [-0.25, -0.2) is 9.97 Å². The van der Waals surface area contributed by atoms with Crippen LogP contribution in [0.1, 0.15) is 32.3 Å². The van der Waals surface area contributed by atoms with Gasteiger partial charge in [0, 0.05) is 23.3 Å². The Bertz CT molecular complexity index is 1150. The van der Waals surface area contributed by atoms with Crippen LogP contribution < -0.4 is 4.90 Å². The predicted octanol–water partition coefficient (Wildman–Crippen LogP) is 5.51. The van der Waals surface area contributed by atoms with Gasteiger partial charge in [0.15, 0.2) is 0 Å². The first kappa shape index (κ1) is 19.3. The number of amides is 1. The minimum absolute atomic E-state index is 0.0182. The number of carbonyl (C=O) groups excluding carboxylic acids is 1. The van der Waals surface area contributed by atoms with E-state index in [-0.39, 0.29) is 5.91 Å². The highest BCUT2D eigenvalue weighted by molar-refractivity contribution is 7.20. The molecule has 0 saturated carbocycles. The predicted molar refractivity (Wildman–Crippen MR) is 120 cm³/mol. The van der Waals surface area contributed by atoms with Crippen LogP contribution in [-0.2, 0) is 6.42 Å². The number of benzene rings is 2. The first-order valence-corrected chi connectivity index (χ1v) is 10.5. The second kappa shape index (κ2) is 8.13. The lowest BCUT2D eigenvalue weighted by molar-refractivity contribution is 0.0990. The molecule has 29 heavy (non-hydrogen) atoms. The number of hydrogen-bond acceptors (Lipinski definition) is 4. The minimum atomic E-state index is 0.0182. The monoisotopic (exact) mass is 401 g/mol. The molecule has 0 radical (unpaired) electrons. The second-order valence-corrected chi connectivity index (χ2v) is 8.12. The molecule has 0 aliphatic heterocycles. The third kappa shape index (κ3) is 3.91. The van der Waals surface area contributed by atoms with Gasteiger partial charge in [0.25, 0.3) is 5.91 Å². The van der Waals surface area contributed by atoms with Gasteiger partial charge in [-0.3, -0.25) is 4.79 Å². The zero-order valence-electron chi connectivity index (χ0n) is 16.8. The van der Waals surface area contributed by atoms with E-state index in [2.05, 4.69) is 22.1 Å². The van der Waals surface area contributed by atoms with Crippen molar-refractivity contribution in [2.75, 3.05) is 11.4 Å². The van der Waals surface area contributed by atoms with Gasteiger partial charge >= 0.3 is 0 Å². The molecule has 0 bridgehead atoms. The largest absolute Gasteiger partial charge is 0.307 e. The van der Waals surface area contributed by atoms with Crippen molar-refractivity contribution in [1.29, 1.82) is 0 Å². The Hall–Kier alpha value is -3.05. The molecule has 0 unspecified atom stereocenters. The Labute approximate surface area is 174 Å². The summed E-state index contributed by atoms with van der Waals surface area (Å²) in [5.74, 6) is 0.754. The van der Waals surface area contributed by atoms with Gasteiger partial charge in [-0.1, -0.05) is 48.5 Å². The lowest BCUT2D eigenvalue weighted by atomic mass is 10.1. The van der Waals surface area contributed by atoms with E-state index in [0.29, 0.717) is 6.54 Å². The van der Waals surface area contributed by atoms with E-state index in [1.165, 1.54) is 16.9 Å². The zero-order valence-corrected chi connectivity index (χ0v) is 17.7. The summed E-state index contributed by atoms with van der Waals surface area (Å²) >= 11 is 1.46. The second-order valence-electron chi connectivity index (χ2n) is 7.12. The minimum Gasteiger partial charge on any atom is -0.307 e. The third-order valence-corrected chi connectivity index (χ3v) is 6.23. The van der Waals surface area contributed by atoms with Gasteiger partial charge in [0.05, 0.1) is 4.88 Å². The number of hydrogen-bond donors (Lipinski definition) is 0. The maximum Gasteiger partial charge on any atom is 0.268 e. The van der Waals surface area contributed by atoms with Crippen LogP contribution in [0.3, 0.4) is 0 Å². The zero-order chi connectivity index (χ0) is 20.4. The number of para-hydroxylation sites is 1. The van der Waals surface area contributed by atoms with Crippen molar-refractivity contribution in [3.63, 3.8) is 0 Å². The molecule has 0 N–H and O–H groups in total. The van der Waals surface area contributed by atoms with Crippen LogP contribution >= 0.6 is 11.3 Å². The lowest BCUT2D eigenvalue weighted by Gasteiger charge is -2.23.